The second-order valence-electron chi connectivity index (χ2n) is 3.74. The highest BCUT2D eigenvalue weighted by Crippen LogP contribution is 2.26. The molecule has 0 fully saturated rings. The third kappa shape index (κ3) is 2.64. The normalized spacial score (nSPS) is 33.8. The van der Waals surface area contributed by atoms with Gasteiger partial charge in [0.25, 0.3) is 0 Å². The lowest BCUT2D eigenvalue weighted by molar-refractivity contribution is -0.132. The third-order valence-electron chi connectivity index (χ3n) is 2.40. The van der Waals surface area contributed by atoms with Crippen LogP contribution in [0.4, 0.5) is 0 Å². The number of carbonyl (C=O) groups is 1. The van der Waals surface area contributed by atoms with Gasteiger partial charge >= 0.3 is 0 Å². The highest BCUT2D eigenvalue weighted by atomic mass is 16.5. The summed E-state index contributed by atoms with van der Waals surface area (Å²) in [5, 5.41) is 9.67. The number of hydrogen-bond acceptors (Lipinski definition) is 3. The van der Waals surface area contributed by atoms with Crippen molar-refractivity contribution in [3.8, 4) is 0 Å². The number of hydrogen-bond donors (Lipinski definition) is 1. The Kier molecular flexibility index (Phi) is 3.22. The van der Waals surface area contributed by atoms with E-state index < -0.39 is 5.60 Å². The van der Waals surface area contributed by atoms with Crippen LogP contribution in [0.2, 0.25) is 0 Å². The van der Waals surface area contributed by atoms with Crippen molar-refractivity contribution >= 4 is 5.78 Å². The van der Waals surface area contributed by atoms with E-state index in [1.807, 2.05) is 6.08 Å². The van der Waals surface area contributed by atoms with Gasteiger partial charge in [0.05, 0.1) is 0 Å². The van der Waals surface area contributed by atoms with Gasteiger partial charge in [-0.2, -0.15) is 0 Å². The summed E-state index contributed by atoms with van der Waals surface area (Å²) >= 11 is 0. The Balaban J connectivity index is 2.54. The molecule has 0 amide bonds. The van der Waals surface area contributed by atoms with Crippen LogP contribution in [0.15, 0.2) is 12.2 Å². The van der Waals surface area contributed by atoms with Crippen LogP contribution in [-0.2, 0) is 9.53 Å². The molecule has 3 nitrogen and oxygen atoms in total. The molecule has 1 aliphatic carbocycles. The van der Waals surface area contributed by atoms with E-state index in [0.717, 1.165) is 6.42 Å². The van der Waals surface area contributed by atoms with E-state index in [4.69, 9.17) is 4.74 Å². The molecule has 3 heteroatoms. The van der Waals surface area contributed by atoms with Crippen LogP contribution in [0.5, 0.6) is 0 Å². The van der Waals surface area contributed by atoms with E-state index in [2.05, 4.69) is 0 Å². The molecule has 0 saturated heterocycles. The molecule has 0 aromatic heterocycles. The van der Waals surface area contributed by atoms with Crippen LogP contribution in [0.3, 0.4) is 0 Å². The average Bonchev–Trinajstić information content (AvgIpc) is 2.07. The number of allylic oxidation sites excluding steroid dienone is 1. The van der Waals surface area contributed by atoms with E-state index in [1.165, 1.54) is 6.08 Å². The summed E-state index contributed by atoms with van der Waals surface area (Å²) in [5.74, 6) is 0.0637. The minimum atomic E-state index is -1.17. The Morgan fingerprint density at radius 2 is 2.46 bits per heavy atom. The summed E-state index contributed by atoms with van der Waals surface area (Å²) in [7, 11) is 1.65. The van der Waals surface area contributed by atoms with Gasteiger partial charge in [0.15, 0.2) is 5.78 Å². The minimum absolute atomic E-state index is 0.193. The van der Waals surface area contributed by atoms with Crippen LogP contribution in [-0.4, -0.2) is 30.2 Å². The van der Waals surface area contributed by atoms with E-state index in [0.29, 0.717) is 13.0 Å². The van der Waals surface area contributed by atoms with Gasteiger partial charge in [0, 0.05) is 13.7 Å². The Morgan fingerprint density at radius 3 is 3.00 bits per heavy atom. The molecule has 1 rings (SSSR count). The predicted octanol–water partition coefficient (Wildman–Crippen LogP) is 0.919. The number of rotatable bonds is 3. The molecule has 13 heavy (non-hydrogen) atoms. The highest BCUT2D eigenvalue weighted by molar-refractivity contribution is 5.97. The second-order valence-corrected chi connectivity index (χ2v) is 3.74. The Labute approximate surface area is 78.4 Å². The van der Waals surface area contributed by atoms with Crippen molar-refractivity contribution in [2.45, 2.75) is 25.4 Å². The van der Waals surface area contributed by atoms with Crippen LogP contribution in [0.25, 0.3) is 0 Å². The molecule has 0 bridgehead atoms. The molecule has 0 spiro atoms. The Bertz CT molecular complexity index is 218. The number of methoxy groups -OCH3 is 1. The summed E-state index contributed by atoms with van der Waals surface area (Å²) in [6.45, 7) is 2.23. The van der Waals surface area contributed by atoms with Gasteiger partial charge in [0.1, 0.15) is 5.60 Å². The molecule has 1 N–H and O–H groups in total. The lowest BCUT2D eigenvalue weighted by Gasteiger charge is -2.28. The minimum Gasteiger partial charge on any atom is -0.385 e. The summed E-state index contributed by atoms with van der Waals surface area (Å²) in [6.07, 6.45) is 4.70. The molecular formula is C10H16O3. The van der Waals surface area contributed by atoms with Gasteiger partial charge in [-0.1, -0.05) is 6.08 Å². The van der Waals surface area contributed by atoms with Crippen molar-refractivity contribution in [2.75, 3.05) is 13.7 Å². The molecule has 0 aromatic rings. The first-order valence-corrected chi connectivity index (χ1v) is 4.50. The third-order valence-corrected chi connectivity index (χ3v) is 2.40. The quantitative estimate of drug-likeness (QED) is 0.709. The monoisotopic (exact) mass is 184 g/mol. The summed E-state index contributed by atoms with van der Waals surface area (Å²) in [4.78, 5) is 11.2. The highest BCUT2D eigenvalue weighted by Gasteiger charge is 2.33. The van der Waals surface area contributed by atoms with Crippen LogP contribution in [0.1, 0.15) is 19.8 Å². The van der Waals surface area contributed by atoms with Crippen molar-refractivity contribution in [3.05, 3.63) is 12.2 Å². The fourth-order valence-electron chi connectivity index (χ4n) is 1.55. The fourth-order valence-corrected chi connectivity index (χ4v) is 1.55. The van der Waals surface area contributed by atoms with Crippen molar-refractivity contribution in [2.24, 2.45) is 5.92 Å². The second kappa shape index (κ2) is 4.03. The molecule has 0 aliphatic heterocycles. The number of ketones is 1. The molecular weight excluding hydrogens is 168 g/mol. The van der Waals surface area contributed by atoms with E-state index in [9.17, 15) is 9.90 Å². The predicted molar refractivity (Wildman–Crippen MR) is 49.4 cm³/mol. The molecule has 74 valence electrons. The topological polar surface area (TPSA) is 46.5 Å². The number of aliphatic hydroxyl groups is 1. The van der Waals surface area contributed by atoms with Crippen molar-refractivity contribution in [1.29, 1.82) is 0 Å². The zero-order chi connectivity index (χ0) is 9.90. The molecule has 0 radical (unpaired) electrons. The SMILES string of the molecule is COCCC1C=CC(=O)C(C)(O)C1. The smallest absolute Gasteiger partial charge is 0.186 e. The van der Waals surface area contributed by atoms with Gasteiger partial charge in [-0.3, -0.25) is 4.79 Å². The Hall–Kier alpha value is -0.670. The van der Waals surface area contributed by atoms with Gasteiger partial charge < -0.3 is 9.84 Å². The molecule has 2 atom stereocenters. The van der Waals surface area contributed by atoms with E-state index >= 15 is 0 Å². The maximum Gasteiger partial charge on any atom is 0.186 e. The molecule has 2 unspecified atom stereocenters. The maximum absolute atomic E-state index is 11.2. The van der Waals surface area contributed by atoms with Crippen molar-refractivity contribution < 1.29 is 14.6 Å². The van der Waals surface area contributed by atoms with E-state index in [1.54, 1.807) is 14.0 Å². The number of ether oxygens (including phenoxy) is 1. The van der Waals surface area contributed by atoms with Crippen LogP contribution < -0.4 is 0 Å². The lowest BCUT2D eigenvalue weighted by atomic mass is 9.82. The van der Waals surface area contributed by atoms with E-state index in [-0.39, 0.29) is 11.7 Å². The lowest BCUT2D eigenvalue weighted by Crippen LogP contribution is -2.38. The Morgan fingerprint density at radius 1 is 1.77 bits per heavy atom. The fraction of sp³-hybridized carbons (Fsp3) is 0.700. The van der Waals surface area contributed by atoms with Crippen LogP contribution >= 0.6 is 0 Å². The average molecular weight is 184 g/mol. The first-order valence-electron chi connectivity index (χ1n) is 4.50. The summed E-state index contributed by atoms with van der Waals surface area (Å²) in [6, 6.07) is 0. The maximum atomic E-state index is 11.2. The summed E-state index contributed by atoms with van der Waals surface area (Å²) < 4.78 is 4.94. The molecule has 0 saturated carbocycles. The van der Waals surface area contributed by atoms with Crippen molar-refractivity contribution in [1.82, 2.24) is 0 Å². The van der Waals surface area contributed by atoms with Gasteiger partial charge in [0.2, 0.25) is 0 Å². The van der Waals surface area contributed by atoms with Gasteiger partial charge in [-0.15, -0.1) is 0 Å². The van der Waals surface area contributed by atoms with Gasteiger partial charge in [-0.25, -0.2) is 0 Å². The van der Waals surface area contributed by atoms with Gasteiger partial charge in [-0.05, 0) is 31.8 Å². The molecule has 0 heterocycles. The first kappa shape index (κ1) is 10.4. The number of carbonyl (C=O) groups excluding carboxylic acids is 1. The molecule has 1 aliphatic rings. The van der Waals surface area contributed by atoms with Crippen LogP contribution in [0, 0.1) is 5.92 Å². The largest absolute Gasteiger partial charge is 0.385 e. The zero-order valence-corrected chi connectivity index (χ0v) is 8.12. The summed E-state index contributed by atoms with van der Waals surface area (Å²) in [5.41, 5.74) is -1.17. The van der Waals surface area contributed by atoms with Crippen molar-refractivity contribution in [3.63, 3.8) is 0 Å². The molecule has 0 aromatic carbocycles. The standard InChI is InChI=1S/C10H16O3/c1-10(12)7-8(5-6-13-2)3-4-9(10)11/h3-4,8,12H,5-7H2,1-2H3. The zero-order valence-electron chi connectivity index (χ0n) is 8.12. The first-order chi connectivity index (χ1) is 6.06.